The lowest BCUT2D eigenvalue weighted by molar-refractivity contribution is 0.0943. The Morgan fingerprint density at radius 1 is 1.33 bits per heavy atom. The number of benzene rings is 1. The number of rotatable bonds is 3. The molecular weight excluding hydrogens is 262 g/mol. The molecule has 0 heterocycles. The average Bonchev–Trinajstić information content (AvgIpc) is 2.51. The number of hydrogen-bond donors (Lipinski definition) is 2. The van der Waals surface area contributed by atoms with Crippen LogP contribution in [0.15, 0.2) is 18.2 Å². The number of carbonyl (C=O) groups excluding carboxylic acids is 1. The van der Waals surface area contributed by atoms with E-state index in [-0.39, 0.29) is 12.5 Å². The van der Waals surface area contributed by atoms with Crippen molar-refractivity contribution in [2.45, 2.75) is 39.0 Å². The van der Waals surface area contributed by atoms with Gasteiger partial charge in [-0.2, -0.15) is 0 Å². The van der Waals surface area contributed by atoms with Crippen LogP contribution in [0.25, 0.3) is 0 Å². The molecule has 0 saturated heterocycles. The van der Waals surface area contributed by atoms with Gasteiger partial charge in [0.2, 0.25) is 0 Å². The number of aryl methyl sites for hydroxylation is 1. The fourth-order valence-electron chi connectivity index (χ4n) is 2.82. The minimum absolute atomic E-state index is 0.0668. The highest BCUT2D eigenvalue weighted by molar-refractivity contribution is 5.96. The first kappa shape index (κ1) is 15.6. The van der Waals surface area contributed by atoms with Gasteiger partial charge in [-0.05, 0) is 43.4 Å². The summed E-state index contributed by atoms with van der Waals surface area (Å²) in [5.74, 6) is 6.02. The van der Waals surface area contributed by atoms with Gasteiger partial charge in [0.05, 0.1) is 5.56 Å². The Kier molecular flexibility index (Phi) is 5.83. The Hall–Kier alpha value is -1.79. The lowest BCUT2D eigenvalue weighted by Gasteiger charge is -2.21. The van der Waals surface area contributed by atoms with Crippen LogP contribution in [0.4, 0.5) is 0 Å². The molecule has 1 fully saturated rings. The molecule has 0 spiro atoms. The van der Waals surface area contributed by atoms with Gasteiger partial charge in [-0.1, -0.05) is 37.2 Å². The highest BCUT2D eigenvalue weighted by Gasteiger charge is 2.16. The summed E-state index contributed by atoms with van der Waals surface area (Å²) in [4.78, 5) is 12.3. The summed E-state index contributed by atoms with van der Waals surface area (Å²) in [5.41, 5.74) is 2.34. The molecule has 1 aromatic rings. The van der Waals surface area contributed by atoms with E-state index in [0.717, 1.165) is 12.1 Å². The first-order valence-electron chi connectivity index (χ1n) is 7.69. The number of hydrogen-bond acceptors (Lipinski definition) is 2. The summed E-state index contributed by atoms with van der Waals surface area (Å²) in [5, 5.41) is 11.9. The molecule has 1 aliphatic rings. The lowest BCUT2D eigenvalue weighted by Crippen LogP contribution is -2.30. The van der Waals surface area contributed by atoms with Crippen LogP contribution < -0.4 is 5.32 Å². The molecule has 0 atom stereocenters. The van der Waals surface area contributed by atoms with E-state index in [0.29, 0.717) is 17.0 Å². The van der Waals surface area contributed by atoms with Gasteiger partial charge in [0.1, 0.15) is 6.61 Å². The number of carbonyl (C=O) groups is 1. The van der Waals surface area contributed by atoms with Gasteiger partial charge in [-0.15, -0.1) is 0 Å². The molecule has 3 nitrogen and oxygen atoms in total. The third kappa shape index (κ3) is 4.61. The zero-order chi connectivity index (χ0) is 15.1. The number of aliphatic hydroxyl groups is 1. The summed E-state index contributed by atoms with van der Waals surface area (Å²) in [6.07, 6.45) is 6.30. The molecule has 0 aromatic heterocycles. The molecule has 0 unspecified atom stereocenters. The standard InChI is InChI=1S/C18H23NO2/c1-14-9-10-17(16(12-14)8-5-11-20)18(21)19-13-15-6-3-2-4-7-15/h9-10,12,15,20H,2-4,6-7,11,13H2,1H3,(H,19,21). The van der Waals surface area contributed by atoms with Crippen molar-refractivity contribution in [2.75, 3.05) is 13.2 Å². The van der Waals surface area contributed by atoms with E-state index in [1.807, 2.05) is 25.1 Å². The van der Waals surface area contributed by atoms with Crippen LogP contribution in [-0.4, -0.2) is 24.2 Å². The quantitative estimate of drug-likeness (QED) is 0.839. The third-order valence-corrected chi connectivity index (χ3v) is 4.00. The summed E-state index contributed by atoms with van der Waals surface area (Å²) in [6.45, 7) is 2.52. The topological polar surface area (TPSA) is 49.3 Å². The summed E-state index contributed by atoms with van der Waals surface area (Å²) in [7, 11) is 0. The maximum absolute atomic E-state index is 12.3. The zero-order valence-electron chi connectivity index (χ0n) is 12.6. The normalized spacial score (nSPS) is 15.1. The molecule has 1 aliphatic carbocycles. The van der Waals surface area contributed by atoms with Crippen molar-refractivity contribution in [2.24, 2.45) is 5.92 Å². The second kappa shape index (κ2) is 7.85. The fraction of sp³-hybridized carbons (Fsp3) is 0.500. The van der Waals surface area contributed by atoms with E-state index in [1.165, 1.54) is 32.1 Å². The molecule has 1 amide bonds. The number of nitrogens with one attached hydrogen (secondary N) is 1. The van der Waals surface area contributed by atoms with Crippen LogP contribution in [0, 0.1) is 24.7 Å². The van der Waals surface area contributed by atoms with Gasteiger partial charge in [0.25, 0.3) is 5.91 Å². The first-order chi connectivity index (χ1) is 10.2. The van der Waals surface area contributed by atoms with E-state index < -0.39 is 0 Å². The molecule has 2 N–H and O–H groups in total. The van der Waals surface area contributed by atoms with Gasteiger partial charge >= 0.3 is 0 Å². The van der Waals surface area contributed by atoms with Gasteiger partial charge in [0.15, 0.2) is 0 Å². The van der Waals surface area contributed by atoms with Gasteiger partial charge in [0, 0.05) is 12.1 Å². The number of amides is 1. The summed E-state index contributed by atoms with van der Waals surface area (Å²) < 4.78 is 0. The summed E-state index contributed by atoms with van der Waals surface area (Å²) in [6, 6.07) is 5.62. The van der Waals surface area contributed by atoms with Crippen LogP contribution in [0.1, 0.15) is 53.6 Å². The van der Waals surface area contributed by atoms with Crippen LogP contribution in [0.2, 0.25) is 0 Å². The Morgan fingerprint density at radius 3 is 2.81 bits per heavy atom. The van der Waals surface area contributed by atoms with E-state index in [4.69, 9.17) is 5.11 Å². The SMILES string of the molecule is Cc1ccc(C(=O)NCC2CCCCC2)c(C#CCO)c1. The van der Waals surface area contributed by atoms with E-state index in [9.17, 15) is 4.79 Å². The lowest BCUT2D eigenvalue weighted by atomic mass is 9.89. The van der Waals surface area contributed by atoms with Crippen molar-refractivity contribution >= 4 is 5.91 Å². The second-order valence-corrected chi connectivity index (χ2v) is 5.72. The highest BCUT2D eigenvalue weighted by atomic mass is 16.2. The van der Waals surface area contributed by atoms with Crippen LogP contribution >= 0.6 is 0 Å². The molecule has 1 aromatic carbocycles. The molecule has 1 saturated carbocycles. The maximum Gasteiger partial charge on any atom is 0.252 e. The van der Waals surface area contributed by atoms with Gasteiger partial charge in [-0.3, -0.25) is 4.79 Å². The number of aliphatic hydroxyl groups excluding tert-OH is 1. The molecule has 21 heavy (non-hydrogen) atoms. The fourth-order valence-corrected chi connectivity index (χ4v) is 2.82. The third-order valence-electron chi connectivity index (χ3n) is 4.00. The van der Waals surface area contributed by atoms with Gasteiger partial charge < -0.3 is 10.4 Å². The van der Waals surface area contributed by atoms with Crippen LogP contribution in [0.3, 0.4) is 0 Å². The Morgan fingerprint density at radius 2 is 2.10 bits per heavy atom. The Labute approximate surface area is 126 Å². The molecular formula is C18H23NO2. The Balaban J connectivity index is 2.03. The predicted molar refractivity (Wildman–Crippen MR) is 84.1 cm³/mol. The van der Waals surface area contributed by atoms with Crippen molar-refractivity contribution in [1.82, 2.24) is 5.32 Å². The van der Waals surface area contributed by atoms with Crippen molar-refractivity contribution < 1.29 is 9.90 Å². The average molecular weight is 285 g/mol. The van der Waals surface area contributed by atoms with Crippen molar-refractivity contribution in [3.63, 3.8) is 0 Å². The van der Waals surface area contributed by atoms with Crippen molar-refractivity contribution in [3.8, 4) is 11.8 Å². The maximum atomic E-state index is 12.3. The van der Waals surface area contributed by atoms with E-state index >= 15 is 0 Å². The zero-order valence-corrected chi connectivity index (χ0v) is 12.6. The Bertz CT molecular complexity index is 548. The monoisotopic (exact) mass is 285 g/mol. The minimum Gasteiger partial charge on any atom is -0.384 e. The molecule has 112 valence electrons. The smallest absolute Gasteiger partial charge is 0.252 e. The minimum atomic E-state index is -0.197. The summed E-state index contributed by atoms with van der Waals surface area (Å²) >= 11 is 0. The molecule has 0 aliphatic heterocycles. The first-order valence-corrected chi connectivity index (χ1v) is 7.69. The van der Waals surface area contributed by atoms with Gasteiger partial charge in [-0.25, -0.2) is 0 Å². The molecule has 3 heteroatoms. The molecule has 0 bridgehead atoms. The van der Waals surface area contributed by atoms with Crippen molar-refractivity contribution in [3.05, 3.63) is 34.9 Å². The van der Waals surface area contributed by atoms with E-state index in [1.54, 1.807) is 0 Å². The van der Waals surface area contributed by atoms with Crippen molar-refractivity contribution in [1.29, 1.82) is 0 Å². The second-order valence-electron chi connectivity index (χ2n) is 5.72. The predicted octanol–water partition coefficient (Wildman–Crippen LogP) is 2.65. The largest absolute Gasteiger partial charge is 0.384 e. The van der Waals surface area contributed by atoms with Crippen LogP contribution in [-0.2, 0) is 0 Å². The highest BCUT2D eigenvalue weighted by Crippen LogP contribution is 2.23. The molecule has 0 radical (unpaired) electrons. The van der Waals surface area contributed by atoms with Crippen LogP contribution in [0.5, 0.6) is 0 Å². The molecule has 2 rings (SSSR count). The van der Waals surface area contributed by atoms with E-state index in [2.05, 4.69) is 17.2 Å².